The van der Waals surface area contributed by atoms with Gasteiger partial charge < -0.3 is 20.5 Å². The first-order valence-electron chi connectivity index (χ1n) is 8.03. The number of amides is 1. The van der Waals surface area contributed by atoms with Crippen LogP contribution in [0.2, 0.25) is 0 Å². The molecule has 1 atom stereocenters. The van der Waals surface area contributed by atoms with Crippen molar-refractivity contribution in [3.63, 3.8) is 0 Å². The number of methoxy groups -OCH3 is 1. The molecule has 28 heavy (non-hydrogen) atoms. The predicted molar refractivity (Wildman–Crippen MR) is 92.9 cm³/mol. The minimum absolute atomic E-state index is 0.0761. The zero-order valence-corrected chi connectivity index (χ0v) is 14.9. The number of pyridine rings is 2. The lowest BCUT2D eigenvalue weighted by Crippen LogP contribution is -2.40. The second-order valence-corrected chi connectivity index (χ2v) is 5.98. The number of aryl methyl sites for hydroxylation is 1. The van der Waals surface area contributed by atoms with Crippen LogP contribution in [0.5, 0.6) is 5.75 Å². The fourth-order valence-electron chi connectivity index (χ4n) is 2.56. The Bertz CT molecular complexity index is 952. The molecule has 1 aliphatic rings. The van der Waals surface area contributed by atoms with Gasteiger partial charge in [0.1, 0.15) is 28.8 Å². The van der Waals surface area contributed by atoms with Crippen LogP contribution in [0.25, 0.3) is 0 Å². The summed E-state index contributed by atoms with van der Waals surface area (Å²) in [6.45, 7) is 0.591. The molecule has 2 aromatic heterocycles. The number of hydrogen-bond acceptors (Lipinski definition) is 7. The van der Waals surface area contributed by atoms with Crippen molar-refractivity contribution in [2.45, 2.75) is 18.9 Å². The third-order valence-corrected chi connectivity index (χ3v) is 3.95. The molecule has 0 unspecified atom stereocenters. The van der Waals surface area contributed by atoms with Gasteiger partial charge in [-0.1, -0.05) is 0 Å². The van der Waals surface area contributed by atoms with E-state index in [0.717, 1.165) is 12.1 Å². The Morgan fingerprint density at radius 3 is 2.86 bits per heavy atom. The lowest BCUT2D eigenvalue weighted by molar-refractivity contribution is -0.0798. The van der Waals surface area contributed by atoms with E-state index in [4.69, 9.17) is 10.5 Å². The number of amidine groups is 1. The monoisotopic (exact) mass is 395 g/mol. The average Bonchev–Trinajstić information content (AvgIpc) is 2.65. The van der Waals surface area contributed by atoms with Gasteiger partial charge in [0, 0.05) is 0 Å². The molecular formula is C17H16F3N5O3. The fourth-order valence-corrected chi connectivity index (χ4v) is 2.56. The van der Waals surface area contributed by atoms with Gasteiger partial charge in [0.2, 0.25) is 0 Å². The summed E-state index contributed by atoms with van der Waals surface area (Å²) in [5.41, 5.74) is 5.26. The number of nitrogens with zero attached hydrogens (tertiary/aromatic N) is 3. The summed E-state index contributed by atoms with van der Waals surface area (Å²) in [7, 11) is 1.46. The minimum atomic E-state index is -3.52. The number of aliphatic imine (C=N–C) groups is 1. The number of anilines is 1. The minimum Gasteiger partial charge on any atom is -0.495 e. The van der Waals surface area contributed by atoms with Gasteiger partial charge in [0.05, 0.1) is 13.3 Å². The van der Waals surface area contributed by atoms with Crippen LogP contribution in [0, 0.1) is 12.7 Å². The van der Waals surface area contributed by atoms with Crippen LogP contribution in [0.4, 0.5) is 19.0 Å². The van der Waals surface area contributed by atoms with Crippen molar-refractivity contribution in [2.24, 2.45) is 10.7 Å². The summed E-state index contributed by atoms with van der Waals surface area (Å²) < 4.78 is 51.9. The van der Waals surface area contributed by atoms with Gasteiger partial charge in [-0.05, 0) is 30.7 Å². The van der Waals surface area contributed by atoms with Crippen LogP contribution in [0.3, 0.4) is 0 Å². The maximum Gasteiger partial charge on any atom is 0.309 e. The Labute approximate surface area is 157 Å². The molecule has 148 valence electrons. The Hall–Kier alpha value is -3.37. The van der Waals surface area contributed by atoms with Crippen molar-refractivity contribution in [3.8, 4) is 5.75 Å². The summed E-state index contributed by atoms with van der Waals surface area (Å²) >= 11 is 0. The molecule has 0 radical (unpaired) electrons. The molecule has 1 amide bonds. The lowest BCUT2D eigenvalue weighted by Gasteiger charge is -2.28. The second-order valence-electron chi connectivity index (χ2n) is 5.98. The van der Waals surface area contributed by atoms with Gasteiger partial charge in [0.15, 0.2) is 12.6 Å². The summed E-state index contributed by atoms with van der Waals surface area (Å²) in [6, 6.07) is 1.18. The molecule has 3 rings (SSSR count). The molecule has 2 aromatic rings. The standard InChI is InChI=1S/C17H16F3N5O3/c1-8-5-9(27-2)6-22-12(8)15(26)24-11-4-3-10(18)13(23-11)14-17(19,20)7-28-16(21)25-14/h3-6,14H,7H2,1-2H3,(H2,21,25)(H,23,24,26)/t14-/m1/s1. The SMILES string of the molecule is COc1cnc(C(=O)Nc2ccc(F)c([C@H]3N=C(N)OCC3(F)F)n2)c(C)c1. The van der Waals surface area contributed by atoms with E-state index >= 15 is 0 Å². The molecule has 8 nitrogen and oxygen atoms in total. The first-order chi connectivity index (χ1) is 13.2. The van der Waals surface area contributed by atoms with E-state index in [9.17, 15) is 18.0 Å². The molecular weight excluding hydrogens is 379 g/mol. The molecule has 0 saturated carbocycles. The highest BCUT2D eigenvalue weighted by molar-refractivity contribution is 6.03. The van der Waals surface area contributed by atoms with Gasteiger partial charge >= 0.3 is 5.92 Å². The smallest absolute Gasteiger partial charge is 0.309 e. The topological polar surface area (TPSA) is 112 Å². The Balaban J connectivity index is 1.89. The van der Waals surface area contributed by atoms with Gasteiger partial charge in [-0.2, -0.15) is 8.78 Å². The third kappa shape index (κ3) is 3.82. The van der Waals surface area contributed by atoms with E-state index in [1.807, 2.05) is 0 Å². The fraction of sp³-hybridized carbons (Fsp3) is 0.294. The number of carbonyl (C=O) groups excluding carboxylic acids is 1. The molecule has 0 bridgehead atoms. The highest BCUT2D eigenvalue weighted by Crippen LogP contribution is 2.38. The van der Waals surface area contributed by atoms with Gasteiger partial charge in [0.25, 0.3) is 11.9 Å². The van der Waals surface area contributed by atoms with E-state index in [-0.39, 0.29) is 11.5 Å². The molecule has 1 aliphatic heterocycles. The van der Waals surface area contributed by atoms with E-state index in [0.29, 0.717) is 11.3 Å². The van der Waals surface area contributed by atoms with Crippen molar-refractivity contribution in [3.05, 3.63) is 47.2 Å². The number of aromatic nitrogens is 2. The van der Waals surface area contributed by atoms with Gasteiger partial charge in [-0.25, -0.2) is 19.4 Å². The number of ether oxygens (including phenoxy) is 2. The molecule has 0 saturated heterocycles. The molecule has 0 aliphatic carbocycles. The average molecular weight is 395 g/mol. The number of nitrogens with two attached hydrogens (primary N) is 1. The van der Waals surface area contributed by atoms with Crippen molar-refractivity contribution in [2.75, 3.05) is 19.0 Å². The highest BCUT2D eigenvalue weighted by atomic mass is 19.3. The zero-order chi connectivity index (χ0) is 20.5. The molecule has 0 aromatic carbocycles. The molecule has 3 heterocycles. The summed E-state index contributed by atoms with van der Waals surface area (Å²) in [6.07, 6.45) is 1.35. The van der Waals surface area contributed by atoms with Crippen LogP contribution < -0.4 is 15.8 Å². The van der Waals surface area contributed by atoms with Crippen molar-refractivity contribution in [1.29, 1.82) is 0 Å². The molecule has 0 fully saturated rings. The number of alkyl halides is 2. The quantitative estimate of drug-likeness (QED) is 0.821. The summed E-state index contributed by atoms with van der Waals surface area (Å²) in [4.78, 5) is 23.7. The van der Waals surface area contributed by atoms with Crippen LogP contribution in [0.15, 0.2) is 29.4 Å². The van der Waals surface area contributed by atoms with E-state index < -0.39 is 42.0 Å². The largest absolute Gasteiger partial charge is 0.495 e. The summed E-state index contributed by atoms with van der Waals surface area (Å²) in [5, 5.41) is 2.41. The third-order valence-electron chi connectivity index (χ3n) is 3.95. The number of carbonyl (C=O) groups is 1. The Kier molecular flexibility index (Phi) is 5.08. The van der Waals surface area contributed by atoms with E-state index in [1.165, 1.54) is 13.3 Å². The number of nitrogens with one attached hydrogen (secondary N) is 1. The second kappa shape index (κ2) is 7.33. The van der Waals surface area contributed by atoms with Crippen LogP contribution in [-0.2, 0) is 4.74 Å². The molecule has 3 N–H and O–H groups in total. The van der Waals surface area contributed by atoms with Crippen molar-refractivity contribution in [1.82, 2.24) is 9.97 Å². The highest BCUT2D eigenvalue weighted by Gasteiger charge is 2.47. The Morgan fingerprint density at radius 1 is 1.43 bits per heavy atom. The van der Waals surface area contributed by atoms with Gasteiger partial charge in [-0.15, -0.1) is 0 Å². The lowest BCUT2D eigenvalue weighted by atomic mass is 10.1. The van der Waals surface area contributed by atoms with E-state index in [1.54, 1.807) is 13.0 Å². The molecule has 11 heteroatoms. The Morgan fingerprint density at radius 2 is 2.18 bits per heavy atom. The first kappa shape index (κ1) is 19.4. The maximum atomic E-state index is 14.1. The van der Waals surface area contributed by atoms with Crippen LogP contribution in [-0.4, -0.2) is 41.5 Å². The van der Waals surface area contributed by atoms with Crippen LogP contribution >= 0.6 is 0 Å². The predicted octanol–water partition coefficient (Wildman–Crippen LogP) is 2.21. The van der Waals surface area contributed by atoms with Crippen molar-refractivity contribution >= 4 is 17.7 Å². The number of rotatable bonds is 4. The zero-order valence-electron chi connectivity index (χ0n) is 14.9. The normalized spacial score (nSPS) is 18.0. The van der Waals surface area contributed by atoms with Crippen molar-refractivity contribution < 1.29 is 27.4 Å². The first-order valence-corrected chi connectivity index (χ1v) is 8.03. The van der Waals surface area contributed by atoms with Gasteiger partial charge in [-0.3, -0.25) is 4.79 Å². The number of halogens is 3. The summed E-state index contributed by atoms with van der Waals surface area (Å²) in [5.74, 6) is -4.86. The maximum absolute atomic E-state index is 14.1. The number of hydrogen-bond donors (Lipinski definition) is 2. The van der Waals surface area contributed by atoms with E-state index in [2.05, 4.69) is 25.0 Å². The van der Waals surface area contributed by atoms with Crippen LogP contribution in [0.1, 0.15) is 27.8 Å². The molecule has 0 spiro atoms.